The molecule has 0 atom stereocenters. The van der Waals surface area contributed by atoms with Gasteiger partial charge in [-0.05, 0) is 24.3 Å². The SMILES string of the molecule is COCOc1cc(N(C)S(=O)(=O)c2ccccn2)c2[nH]c(C(=O)O)cc2c1. The number of carboxylic acid groups (broad SMARTS) is 1. The number of methoxy groups -OCH3 is 1. The molecule has 0 aliphatic heterocycles. The maximum atomic E-state index is 12.9. The summed E-state index contributed by atoms with van der Waals surface area (Å²) < 4.78 is 37.1. The first kappa shape index (κ1) is 18.7. The number of pyridine rings is 1. The van der Waals surface area contributed by atoms with Crippen molar-refractivity contribution in [2.75, 3.05) is 25.3 Å². The maximum Gasteiger partial charge on any atom is 0.352 e. The number of fused-ring (bicyclic) bond motifs is 1. The number of hydrogen-bond donors (Lipinski definition) is 2. The Balaban J connectivity index is 2.17. The molecule has 0 fully saturated rings. The van der Waals surface area contributed by atoms with E-state index in [4.69, 9.17) is 9.47 Å². The minimum absolute atomic E-state index is 0.0438. The molecule has 9 nitrogen and oxygen atoms in total. The number of rotatable bonds is 7. The van der Waals surface area contributed by atoms with Crippen LogP contribution < -0.4 is 9.04 Å². The zero-order valence-electron chi connectivity index (χ0n) is 14.5. The van der Waals surface area contributed by atoms with Crippen LogP contribution >= 0.6 is 0 Å². The van der Waals surface area contributed by atoms with Gasteiger partial charge in [-0.1, -0.05) is 6.07 Å². The van der Waals surface area contributed by atoms with E-state index < -0.39 is 16.0 Å². The van der Waals surface area contributed by atoms with Gasteiger partial charge in [-0.2, -0.15) is 8.42 Å². The van der Waals surface area contributed by atoms with Crippen molar-refractivity contribution in [2.45, 2.75) is 5.03 Å². The van der Waals surface area contributed by atoms with E-state index in [-0.39, 0.29) is 23.2 Å². The Labute approximate surface area is 155 Å². The van der Waals surface area contributed by atoms with Gasteiger partial charge in [0.15, 0.2) is 11.8 Å². The summed E-state index contributed by atoms with van der Waals surface area (Å²) in [6.07, 6.45) is 1.38. The first-order chi connectivity index (χ1) is 12.8. The highest BCUT2D eigenvalue weighted by atomic mass is 32.2. The van der Waals surface area contributed by atoms with E-state index >= 15 is 0 Å². The molecular formula is C17H17N3O6S. The highest BCUT2D eigenvalue weighted by molar-refractivity contribution is 7.92. The number of benzene rings is 1. The summed E-state index contributed by atoms with van der Waals surface area (Å²) in [5.74, 6) is -0.829. The molecule has 1 aromatic carbocycles. The zero-order valence-corrected chi connectivity index (χ0v) is 15.4. The van der Waals surface area contributed by atoms with Crippen LogP contribution in [0.4, 0.5) is 5.69 Å². The molecule has 10 heteroatoms. The van der Waals surface area contributed by atoms with E-state index in [0.29, 0.717) is 16.7 Å². The number of nitrogens with one attached hydrogen (secondary N) is 1. The smallest absolute Gasteiger partial charge is 0.352 e. The van der Waals surface area contributed by atoms with Gasteiger partial charge in [0, 0.05) is 31.8 Å². The molecule has 0 amide bonds. The fourth-order valence-electron chi connectivity index (χ4n) is 2.54. The summed E-state index contributed by atoms with van der Waals surface area (Å²) in [5, 5.41) is 9.59. The molecule has 0 saturated heterocycles. The summed E-state index contributed by atoms with van der Waals surface area (Å²) >= 11 is 0. The van der Waals surface area contributed by atoms with Crippen LogP contribution in [0.5, 0.6) is 5.75 Å². The van der Waals surface area contributed by atoms with Crippen LogP contribution in [0, 0.1) is 0 Å². The van der Waals surface area contributed by atoms with Crippen LogP contribution in [0.25, 0.3) is 10.9 Å². The monoisotopic (exact) mass is 391 g/mol. The number of aromatic nitrogens is 2. The van der Waals surface area contributed by atoms with Crippen LogP contribution in [-0.4, -0.2) is 50.4 Å². The van der Waals surface area contributed by atoms with Crippen molar-refractivity contribution >= 4 is 32.6 Å². The van der Waals surface area contributed by atoms with E-state index in [9.17, 15) is 18.3 Å². The predicted molar refractivity (Wildman–Crippen MR) is 97.6 cm³/mol. The number of ether oxygens (including phenoxy) is 2. The fourth-order valence-corrected chi connectivity index (χ4v) is 3.67. The van der Waals surface area contributed by atoms with Crippen LogP contribution in [0.3, 0.4) is 0 Å². The van der Waals surface area contributed by atoms with Gasteiger partial charge < -0.3 is 19.6 Å². The first-order valence-electron chi connectivity index (χ1n) is 7.76. The van der Waals surface area contributed by atoms with Crippen molar-refractivity contribution in [3.63, 3.8) is 0 Å². The molecule has 3 aromatic rings. The Bertz CT molecular complexity index is 1080. The van der Waals surface area contributed by atoms with Gasteiger partial charge in [-0.25, -0.2) is 9.78 Å². The number of aromatic amines is 1. The molecule has 0 aliphatic carbocycles. The van der Waals surface area contributed by atoms with Gasteiger partial charge in [-0.15, -0.1) is 0 Å². The first-order valence-corrected chi connectivity index (χ1v) is 9.20. The second kappa shape index (κ2) is 7.25. The predicted octanol–water partition coefficient (Wildman–Crippen LogP) is 2.07. The van der Waals surface area contributed by atoms with E-state index in [1.165, 1.54) is 38.6 Å². The quantitative estimate of drug-likeness (QED) is 0.591. The van der Waals surface area contributed by atoms with Gasteiger partial charge in [-0.3, -0.25) is 4.31 Å². The topological polar surface area (TPSA) is 122 Å². The van der Waals surface area contributed by atoms with Crippen LogP contribution in [0.2, 0.25) is 0 Å². The molecule has 2 N–H and O–H groups in total. The third-order valence-electron chi connectivity index (χ3n) is 3.86. The van der Waals surface area contributed by atoms with Gasteiger partial charge in [0.05, 0.1) is 11.2 Å². The van der Waals surface area contributed by atoms with Crippen LogP contribution in [0.1, 0.15) is 10.5 Å². The summed E-state index contributed by atoms with van der Waals surface area (Å²) in [4.78, 5) is 17.9. The lowest BCUT2D eigenvalue weighted by molar-refractivity contribution is 0.0512. The molecule has 142 valence electrons. The van der Waals surface area contributed by atoms with Crippen molar-refractivity contribution < 1.29 is 27.8 Å². The largest absolute Gasteiger partial charge is 0.477 e. The van der Waals surface area contributed by atoms with Crippen LogP contribution in [0.15, 0.2) is 47.6 Å². The lowest BCUT2D eigenvalue weighted by Crippen LogP contribution is -2.27. The molecule has 0 saturated carbocycles. The fraction of sp³-hybridized carbons (Fsp3) is 0.176. The molecule has 3 rings (SSSR count). The second-order valence-corrected chi connectivity index (χ2v) is 7.50. The summed E-state index contributed by atoms with van der Waals surface area (Å²) in [6.45, 7) is -0.0438. The summed E-state index contributed by atoms with van der Waals surface area (Å²) in [5.41, 5.74) is 0.495. The minimum Gasteiger partial charge on any atom is -0.477 e. The van der Waals surface area contributed by atoms with E-state index in [1.54, 1.807) is 18.2 Å². The lowest BCUT2D eigenvalue weighted by atomic mass is 10.2. The Morgan fingerprint density at radius 3 is 2.70 bits per heavy atom. The molecule has 0 radical (unpaired) electrons. The van der Waals surface area contributed by atoms with E-state index in [1.807, 2.05) is 0 Å². The number of carbonyl (C=O) groups is 1. The molecule has 0 bridgehead atoms. The number of aromatic carboxylic acids is 1. The average molecular weight is 391 g/mol. The number of carboxylic acids is 1. The molecule has 0 aliphatic rings. The van der Waals surface area contributed by atoms with Crippen molar-refractivity contribution in [3.8, 4) is 5.75 Å². The highest BCUT2D eigenvalue weighted by Crippen LogP contribution is 2.34. The number of hydrogen-bond acceptors (Lipinski definition) is 6. The van der Waals surface area contributed by atoms with Gasteiger partial charge >= 0.3 is 5.97 Å². The van der Waals surface area contributed by atoms with Crippen LogP contribution in [-0.2, 0) is 14.8 Å². The normalized spacial score (nSPS) is 11.5. The average Bonchev–Trinajstić information content (AvgIpc) is 3.10. The molecule has 2 aromatic heterocycles. The summed E-state index contributed by atoms with van der Waals surface area (Å²) in [6, 6.07) is 9.05. The Morgan fingerprint density at radius 1 is 1.30 bits per heavy atom. The molecule has 27 heavy (non-hydrogen) atoms. The van der Waals surface area contributed by atoms with Crippen molar-refractivity contribution in [2.24, 2.45) is 0 Å². The molecule has 2 heterocycles. The minimum atomic E-state index is -3.96. The van der Waals surface area contributed by atoms with Gasteiger partial charge in [0.1, 0.15) is 11.4 Å². The highest BCUT2D eigenvalue weighted by Gasteiger charge is 2.25. The van der Waals surface area contributed by atoms with Gasteiger partial charge in [0.2, 0.25) is 0 Å². The number of anilines is 1. The molecule has 0 spiro atoms. The van der Waals surface area contributed by atoms with E-state index in [2.05, 4.69) is 9.97 Å². The Kier molecular flexibility index (Phi) is 5.02. The van der Waals surface area contributed by atoms with E-state index in [0.717, 1.165) is 4.31 Å². The lowest BCUT2D eigenvalue weighted by Gasteiger charge is -2.20. The third kappa shape index (κ3) is 3.57. The standard InChI is InChI=1S/C17H17N3O6S/c1-20(27(23,24)15-5-3-4-6-18-15)14-9-12(26-10-25-2)7-11-8-13(17(21)22)19-16(11)14/h3-9,19H,10H2,1-2H3,(H,21,22). The van der Waals surface area contributed by atoms with Crippen molar-refractivity contribution in [3.05, 3.63) is 48.3 Å². The van der Waals surface area contributed by atoms with Crippen molar-refractivity contribution in [1.29, 1.82) is 0 Å². The van der Waals surface area contributed by atoms with Gasteiger partial charge in [0.25, 0.3) is 10.0 Å². The molecular weight excluding hydrogens is 374 g/mol. The number of H-pyrrole nitrogens is 1. The summed E-state index contributed by atoms with van der Waals surface area (Å²) in [7, 11) is -1.15. The van der Waals surface area contributed by atoms with Crippen molar-refractivity contribution in [1.82, 2.24) is 9.97 Å². The zero-order chi connectivity index (χ0) is 19.6. The molecule has 0 unspecified atom stereocenters. The Hall–Kier alpha value is -3.11. The maximum absolute atomic E-state index is 12.9. The third-order valence-corrected chi connectivity index (χ3v) is 5.54. The second-order valence-electron chi connectivity index (χ2n) is 5.59. The number of nitrogens with zero attached hydrogens (tertiary/aromatic N) is 2. The Morgan fingerprint density at radius 2 is 2.07 bits per heavy atom. The number of sulfonamides is 1.